The molecule has 0 unspecified atom stereocenters. The van der Waals surface area contributed by atoms with Crippen molar-refractivity contribution in [1.82, 2.24) is 25.1 Å². The molecule has 0 aliphatic carbocycles. The van der Waals surface area contributed by atoms with Crippen LogP contribution in [0.5, 0.6) is 0 Å². The average Bonchev–Trinajstić information content (AvgIpc) is 3.49. The molecule has 2 aromatic carbocycles. The summed E-state index contributed by atoms with van der Waals surface area (Å²) in [7, 11) is 0. The van der Waals surface area contributed by atoms with Crippen molar-refractivity contribution < 1.29 is 0 Å². The largest absolute Gasteiger partial charge is 0.339 e. The molecule has 3 N–H and O–H groups in total. The summed E-state index contributed by atoms with van der Waals surface area (Å²) in [6.45, 7) is 0. The lowest BCUT2D eigenvalue weighted by Crippen LogP contribution is -2.01. The number of benzene rings is 2. The van der Waals surface area contributed by atoms with Crippen LogP contribution in [0.25, 0.3) is 21.1 Å². The monoisotopic (exact) mass is 467 g/mol. The first-order valence-electron chi connectivity index (χ1n) is 10.2. The van der Waals surface area contributed by atoms with Crippen molar-refractivity contribution in [1.29, 1.82) is 0 Å². The van der Waals surface area contributed by atoms with Crippen molar-refractivity contribution in [3.8, 4) is 0 Å². The Bertz CT molecular complexity index is 1560. The van der Waals surface area contributed by atoms with Crippen molar-refractivity contribution in [3.05, 3.63) is 84.6 Å². The first kappa shape index (κ1) is 19.7. The Hall–Kier alpha value is -3.95. The van der Waals surface area contributed by atoms with E-state index in [1.54, 1.807) is 29.3 Å². The van der Waals surface area contributed by atoms with E-state index >= 15 is 0 Å². The van der Waals surface area contributed by atoms with E-state index in [1.807, 2.05) is 66.3 Å². The molecule has 0 radical (unpaired) electrons. The van der Waals surface area contributed by atoms with Crippen LogP contribution < -0.4 is 10.6 Å². The molecule has 0 fully saturated rings. The molecule has 0 amide bonds. The molecule has 0 saturated heterocycles. The Labute approximate surface area is 197 Å². The van der Waals surface area contributed by atoms with Gasteiger partial charge in [0.1, 0.15) is 0 Å². The zero-order chi connectivity index (χ0) is 22.0. The normalized spacial score (nSPS) is 11.2. The van der Waals surface area contributed by atoms with Crippen molar-refractivity contribution >= 4 is 67.4 Å². The van der Waals surface area contributed by atoms with Gasteiger partial charge in [-0.3, -0.25) is 10.1 Å². The first-order chi connectivity index (χ1) is 16.3. The third kappa shape index (κ3) is 4.23. The molecule has 0 bridgehead atoms. The second kappa shape index (κ2) is 8.53. The van der Waals surface area contributed by atoms with Gasteiger partial charge in [-0.15, -0.1) is 11.3 Å². The van der Waals surface area contributed by atoms with Crippen molar-refractivity contribution in [2.45, 2.75) is 9.79 Å². The molecule has 4 aromatic heterocycles. The number of nitrogens with one attached hydrogen (secondary N) is 3. The molecule has 9 heteroatoms. The number of fused-ring (bicyclic) bond motifs is 2. The zero-order valence-corrected chi connectivity index (χ0v) is 18.8. The summed E-state index contributed by atoms with van der Waals surface area (Å²) in [6, 6.07) is 20.2. The summed E-state index contributed by atoms with van der Waals surface area (Å²) in [5, 5.41) is 16.9. The minimum absolute atomic E-state index is 0.538. The molecule has 0 aliphatic rings. The van der Waals surface area contributed by atoms with Gasteiger partial charge in [0.05, 0.1) is 21.9 Å². The van der Waals surface area contributed by atoms with Gasteiger partial charge in [0.15, 0.2) is 5.82 Å². The van der Waals surface area contributed by atoms with E-state index in [-0.39, 0.29) is 0 Å². The highest BCUT2D eigenvalue weighted by molar-refractivity contribution is 7.99. The van der Waals surface area contributed by atoms with E-state index in [4.69, 9.17) is 9.97 Å². The van der Waals surface area contributed by atoms with E-state index in [0.29, 0.717) is 5.95 Å². The standard InChI is InChI=1S/C24H17N7S2/c1-3-16(12-18(4-1)33-19-5-2-9-25-14-19)28-24-29-21-8-10-32-22(21)23(30-24)27-17-6-7-20-15(11-17)13-26-31-20/h1-14H,(H,26,31)(H2,27,28,29,30). The maximum atomic E-state index is 4.78. The average molecular weight is 468 g/mol. The summed E-state index contributed by atoms with van der Waals surface area (Å²) in [6.07, 6.45) is 5.45. The van der Waals surface area contributed by atoms with Crippen LogP contribution >= 0.6 is 23.1 Å². The second-order valence-corrected chi connectivity index (χ2v) is 9.33. The number of aromatic nitrogens is 5. The van der Waals surface area contributed by atoms with Gasteiger partial charge in [-0.25, -0.2) is 4.98 Å². The third-order valence-electron chi connectivity index (χ3n) is 4.97. The number of hydrogen-bond acceptors (Lipinski definition) is 8. The fraction of sp³-hybridized carbons (Fsp3) is 0. The first-order valence-corrected chi connectivity index (χ1v) is 11.9. The van der Waals surface area contributed by atoms with Crippen LogP contribution in [0.4, 0.5) is 23.1 Å². The molecule has 33 heavy (non-hydrogen) atoms. The Morgan fingerprint density at radius 2 is 1.79 bits per heavy atom. The number of nitrogens with zero attached hydrogens (tertiary/aromatic N) is 4. The Morgan fingerprint density at radius 3 is 2.73 bits per heavy atom. The topological polar surface area (TPSA) is 91.4 Å². The van der Waals surface area contributed by atoms with Crippen LogP contribution in [0.2, 0.25) is 0 Å². The number of H-pyrrole nitrogens is 1. The fourth-order valence-corrected chi connectivity index (χ4v) is 5.11. The smallest absolute Gasteiger partial charge is 0.229 e. The molecule has 0 atom stereocenters. The Morgan fingerprint density at radius 1 is 0.848 bits per heavy atom. The van der Waals surface area contributed by atoms with E-state index in [2.05, 4.69) is 37.9 Å². The van der Waals surface area contributed by atoms with Gasteiger partial charge in [-0.2, -0.15) is 10.1 Å². The lowest BCUT2D eigenvalue weighted by molar-refractivity contribution is 1.12. The Kier molecular flexibility index (Phi) is 5.10. The maximum Gasteiger partial charge on any atom is 0.229 e. The number of rotatable bonds is 6. The fourth-order valence-electron chi connectivity index (χ4n) is 3.47. The van der Waals surface area contributed by atoms with Crippen LogP contribution in [-0.4, -0.2) is 25.1 Å². The number of thiophene rings is 1. The van der Waals surface area contributed by atoms with Gasteiger partial charge in [-0.1, -0.05) is 17.8 Å². The summed E-state index contributed by atoms with van der Waals surface area (Å²) < 4.78 is 1.01. The van der Waals surface area contributed by atoms with Crippen LogP contribution in [0.3, 0.4) is 0 Å². The predicted molar refractivity (Wildman–Crippen MR) is 135 cm³/mol. The minimum Gasteiger partial charge on any atom is -0.339 e. The SMILES string of the molecule is c1cncc(Sc2cccc(Nc3nc(Nc4ccc5[nH]ncc5c4)c4sccc4n3)c2)c1. The molecule has 6 aromatic rings. The highest BCUT2D eigenvalue weighted by Crippen LogP contribution is 2.32. The van der Waals surface area contributed by atoms with Crippen molar-refractivity contribution in [2.75, 3.05) is 10.6 Å². The van der Waals surface area contributed by atoms with Crippen molar-refractivity contribution in [3.63, 3.8) is 0 Å². The predicted octanol–water partition coefficient (Wildman–Crippen LogP) is 6.60. The van der Waals surface area contributed by atoms with Crippen LogP contribution in [-0.2, 0) is 0 Å². The molecular weight excluding hydrogens is 450 g/mol. The minimum atomic E-state index is 0.538. The summed E-state index contributed by atoms with van der Waals surface area (Å²) in [5.41, 5.74) is 3.75. The van der Waals surface area contributed by atoms with Gasteiger partial charge in [0, 0.05) is 38.9 Å². The lowest BCUT2D eigenvalue weighted by Gasteiger charge is -2.11. The number of anilines is 4. The lowest BCUT2D eigenvalue weighted by atomic mass is 10.2. The second-order valence-electron chi connectivity index (χ2n) is 7.27. The van der Waals surface area contributed by atoms with Gasteiger partial charge in [0.2, 0.25) is 5.95 Å². The number of hydrogen-bond donors (Lipinski definition) is 3. The van der Waals surface area contributed by atoms with E-state index in [1.165, 1.54) is 0 Å². The highest BCUT2D eigenvalue weighted by Gasteiger charge is 2.11. The zero-order valence-electron chi connectivity index (χ0n) is 17.2. The van der Waals surface area contributed by atoms with Crippen LogP contribution in [0, 0.1) is 0 Å². The van der Waals surface area contributed by atoms with Crippen LogP contribution in [0.1, 0.15) is 0 Å². The molecule has 7 nitrogen and oxygen atoms in total. The quantitative estimate of drug-likeness (QED) is 0.254. The highest BCUT2D eigenvalue weighted by atomic mass is 32.2. The molecular formula is C24H17N7S2. The Balaban J connectivity index is 1.29. The van der Waals surface area contributed by atoms with Gasteiger partial charge >= 0.3 is 0 Å². The number of aromatic amines is 1. The van der Waals surface area contributed by atoms with E-state index in [0.717, 1.165) is 48.1 Å². The van der Waals surface area contributed by atoms with Crippen molar-refractivity contribution in [2.24, 2.45) is 0 Å². The third-order valence-corrected chi connectivity index (χ3v) is 6.84. The number of pyridine rings is 1. The van der Waals surface area contributed by atoms with Crippen LogP contribution in [0.15, 0.2) is 94.4 Å². The molecule has 6 rings (SSSR count). The van der Waals surface area contributed by atoms with Gasteiger partial charge in [-0.05, 0) is 60.0 Å². The van der Waals surface area contributed by atoms with Gasteiger partial charge in [0.25, 0.3) is 0 Å². The summed E-state index contributed by atoms with van der Waals surface area (Å²) >= 11 is 3.28. The molecule has 160 valence electrons. The molecule has 4 heterocycles. The molecule has 0 aliphatic heterocycles. The van der Waals surface area contributed by atoms with E-state index in [9.17, 15) is 0 Å². The summed E-state index contributed by atoms with van der Waals surface area (Å²) in [5.74, 6) is 1.30. The maximum absolute atomic E-state index is 4.78. The van der Waals surface area contributed by atoms with E-state index < -0.39 is 0 Å². The summed E-state index contributed by atoms with van der Waals surface area (Å²) in [4.78, 5) is 15.9. The molecule has 0 spiro atoms. The molecule has 0 saturated carbocycles. The van der Waals surface area contributed by atoms with Gasteiger partial charge < -0.3 is 10.6 Å².